The molecule has 2 N–H and O–H groups in total. The summed E-state index contributed by atoms with van der Waals surface area (Å²) in [4.78, 5) is 30.8. The molecule has 38 heavy (non-hydrogen) atoms. The SMILES string of the molecule is COc1ccccc1C(=O)N1CCCCC2(CCN(Cc3ccccc3)CC2)C(=O)OC[C@@H](O)[C@@H](O)CC1. The lowest BCUT2D eigenvalue weighted by Crippen LogP contribution is -2.45. The highest BCUT2D eigenvalue weighted by molar-refractivity contribution is 5.97. The molecule has 2 saturated heterocycles. The van der Waals surface area contributed by atoms with Gasteiger partial charge in [-0.3, -0.25) is 14.5 Å². The number of ether oxygens (including phenoxy) is 2. The van der Waals surface area contributed by atoms with Crippen LogP contribution >= 0.6 is 0 Å². The van der Waals surface area contributed by atoms with Gasteiger partial charge in [0.15, 0.2) is 0 Å². The molecule has 2 fully saturated rings. The van der Waals surface area contributed by atoms with Gasteiger partial charge >= 0.3 is 5.97 Å². The second-order valence-corrected chi connectivity index (χ2v) is 10.5. The number of likely N-dealkylation sites (tertiary alicyclic amines) is 1. The first-order valence-corrected chi connectivity index (χ1v) is 13.6. The summed E-state index contributed by atoms with van der Waals surface area (Å²) in [5.74, 6) is 0.0424. The molecule has 0 unspecified atom stereocenters. The van der Waals surface area contributed by atoms with Gasteiger partial charge in [0, 0.05) is 19.6 Å². The topological polar surface area (TPSA) is 99.5 Å². The fraction of sp³-hybridized carbons (Fsp3) is 0.533. The van der Waals surface area contributed by atoms with Crippen molar-refractivity contribution in [1.82, 2.24) is 9.80 Å². The number of hydrogen-bond acceptors (Lipinski definition) is 7. The first-order valence-electron chi connectivity index (χ1n) is 13.6. The molecule has 0 aliphatic carbocycles. The van der Waals surface area contributed by atoms with Crippen LogP contribution < -0.4 is 4.74 Å². The molecule has 206 valence electrons. The molecule has 8 nitrogen and oxygen atoms in total. The van der Waals surface area contributed by atoms with Gasteiger partial charge in [0.25, 0.3) is 5.91 Å². The number of esters is 1. The highest BCUT2D eigenvalue weighted by atomic mass is 16.5. The van der Waals surface area contributed by atoms with E-state index in [4.69, 9.17) is 9.47 Å². The summed E-state index contributed by atoms with van der Waals surface area (Å²) in [7, 11) is 1.54. The van der Waals surface area contributed by atoms with E-state index in [0.717, 1.165) is 32.5 Å². The molecule has 1 spiro atoms. The number of piperidine rings is 1. The van der Waals surface area contributed by atoms with E-state index in [1.165, 1.54) is 12.7 Å². The monoisotopic (exact) mass is 524 g/mol. The molecule has 2 atom stereocenters. The van der Waals surface area contributed by atoms with Crippen LogP contribution in [-0.2, 0) is 16.1 Å². The van der Waals surface area contributed by atoms with Gasteiger partial charge in [0.2, 0.25) is 0 Å². The summed E-state index contributed by atoms with van der Waals surface area (Å²) in [5.41, 5.74) is 1.09. The van der Waals surface area contributed by atoms with Gasteiger partial charge in [-0.2, -0.15) is 0 Å². The number of carbonyl (C=O) groups is 2. The maximum atomic E-state index is 13.4. The van der Waals surface area contributed by atoms with Crippen LogP contribution in [0.1, 0.15) is 54.4 Å². The van der Waals surface area contributed by atoms with Crippen LogP contribution in [0.3, 0.4) is 0 Å². The zero-order chi connectivity index (χ0) is 27.0. The van der Waals surface area contributed by atoms with Crippen molar-refractivity contribution in [3.8, 4) is 5.75 Å². The Morgan fingerprint density at radius 1 is 0.947 bits per heavy atom. The fourth-order valence-electron chi connectivity index (χ4n) is 5.52. The normalized spacial score (nSPS) is 23.6. The predicted molar refractivity (Wildman–Crippen MR) is 144 cm³/mol. The maximum absolute atomic E-state index is 13.4. The molecule has 4 rings (SSSR count). The molecule has 2 aromatic rings. The van der Waals surface area contributed by atoms with Crippen molar-refractivity contribution in [2.45, 2.75) is 57.3 Å². The molecule has 0 bridgehead atoms. The third-order valence-corrected chi connectivity index (χ3v) is 7.98. The second-order valence-electron chi connectivity index (χ2n) is 10.5. The molecule has 2 aliphatic rings. The summed E-state index contributed by atoms with van der Waals surface area (Å²) in [5, 5.41) is 21.1. The van der Waals surface area contributed by atoms with Gasteiger partial charge in [-0.25, -0.2) is 0 Å². The summed E-state index contributed by atoms with van der Waals surface area (Å²) in [6.07, 6.45) is 1.39. The molecule has 0 radical (unpaired) electrons. The number of benzene rings is 2. The first kappa shape index (κ1) is 28.1. The quantitative estimate of drug-likeness (QED) is 0.593. The minimum absolute atomic E-state index is 0.171. The molecule has 8 heteroatoms. The smallest absolute Gasteiger partial charge is 0.312 e. The molecule has 2 aromatic carbocycles. The Morgan fingerprint density at radius 2 is 1.66 bits per heavy atom. The van der Waals surface area contributed by atoms with Crippen molar-refractivity contribution in [2.75, 3.05) is 39.9 Å². The van der Waals surface area contributed by atoms with E-state index in [0.29, 0.717) is 37.1 Å². The van der Waals surface area contributed by atoms with Crippen LogP contribution in [0.2, 0.25) is 0 Å². The lowest BCUT2D eigenvalue weighted by Gasteiger charge is -2.40. The van der Waals surface area contributed by atoms with Crippen LogP contribution in [0.4, 0.5) is 0 Å². The molecular formula is C30H40N2O6. The van der Waals surface area contributed by atoms with E-state index in [9.17, 15) is 19.8 Å². The number of aliphatic hydroxyl groups is 2. The number of para-hydroxylation sites is 1. The lowest BCUT2D eigenvalue weighted by atomic mass is 9.74. The Hall–Kier alpha value is -2.94. The van der Waals surface area contributed by atoms with Gasteiger partial charge in [0.05, 0.1) is 24.2 Å². The van der Waals surface area contributed by atoms with E-state index < -0.39 is 17.6 Å². The predicted octanol–water partition coefficient (Wildman–Crippen LogP) is 3.26. The highest BCUT2D eigenvalue weighted by Gasteiger charge is 2.42. The standard InChI is InChI=1S/C30H40N2O6/c1-37-27-12-6-5-11-24(27)28(35)32-17-8-7-14-30(29(36)38-22-26(34)25(33)13-18-32)15-19-31(20-16-30)21-23-9-3-2-4-10-23/h2-6,9-12,25-26,33-34H,7-8,13-22H2,1H3/t25-,26+/m0/s1. The summed E-state index contributed by atoms with van der Waals surface area (Å²) < 4.78 is 11.0. The number of nitrogens with zero attached hydrogens (tertiary/aromatic N) is 2. The van der Waals surface area contributed by atoms with Gasteiger partial charge in [-0.15, -0.1) is 0 Å². The zero-order valence-corrected chi connectivity index (χ0v) is 22.3. The van der Waals surface area contributed by atoms with Crippen LogP contribution in [0.5, 0.6) is 5.75 Å². The third-order valence-electron chi connectivity index (χ3n) is 7.98. The van der Waals surface area contributed by atoms with Crippen molar-refractivity contribution in [3.05, 3.63) is 65.7 Å². The van der Waals surface area contributed by atoms with Gasteiger partial charge in [-0.05, 0) is 62.9 Å². The van der Waals surface area contributed by atoms with Gasteiger partial charge in [-0.1, -0.05) is 48.9 Å². The third kappa shape index (κ3) is 6.92. The Kier molecular flexibility index (Phi) is 9.77. The van der Waals surface area contributed by atoms with Crippen molar-refractivity contribution in [3.63, 3.8) is 0 Å². The maximum Gasteiger partial charge on any atom is 0.312 e. The number of rotatable bonds is 4. The molecule has 2 heterocycles. The molecule has 0 saturated carbocycles. The minimum Gasteiger partial charge on any atom is -0.496 e. The minimum atomic E-state index is -1.21. The van der Waals surface area contributed by atoms with E-state index >= 15 is 0 Å². The molecule has 2 aliphatic heterocycles. The largest absolute Gasteiger partial charge is 0.496 e. The number of amides is 1. The average Bonchev–Trinajstić information content (AvgIpc) is 2.96. The lowest BCUT2D eigenvalue weighted by molar-refractivity contribution is -0.165. The molecule has 0 aromatic heterocycles. The Balaban J connectivity index is 1.45. The van der Waals surface area contributed by atoms with Crippen LogP contribution in [0.15, 0.2) is 54.6 Å². The van der Waals surface area contributed by atoms with Crippen molar-refractivity contribution < 1.29 is 29.3 Å². The number of cyclic esters (lactones) is 1. The Bertz CT molecular complexity index is 1050. The molecular weight excluding hydrogens is 484 g/mol. The van der Waals surface area contributed by atoms with Crippen LogP contribution in [-0.4, -0.2) is 84.0 Å². The van der Waals surface area contributed by atoms with E-state index in [-0.39, 0.29) is 31.4 Å². The van der Waals surface area contributed by atoms with Crippen molar-refractivity contribution in [2.24, 2.45) is 5.41 Å². The summed E-state index contributed by atoms with van der Waals surface area (Å²) >= 11 is 0. The van der Waals surface area contributed by atoms with Gasteiger partial charge < -0.3 is 24.6 Å². The van der Waals surface area contributed by atoms with Crippen LogP contribution in [0.25, 0.3) is 0 Å². The number of carbonyl (C=O) groups excluding carboxylic acids is 2. The van der Waals surface area contributed by atoms with E-state index in [1.807, 2.05) is 24.3 Å². The van der Waals surface area contributed by atoms with Crippen molar-refractivity contribution >= 4 is 11.9 Å². The molecule has 1 amide bonds. The highest BCUT2D eigenvalue weighted by Crippen LogP contribution is 2.39. The van der Waals surface area contributed by atoms with E-state index in [2.05, 4.69) is 17.0 Å². The Morgan fingerprint density at radius 3 is 2.39 bits per heavy atom. The van der Waals surface area contributed by atoms with E-state index in [1.54, 1.807) is 23.1 Å². The summed E-state index contributed by atoms with van der Waals surface area (Å²) in [6.45, 7) is 2.93. The fourth-order valence-corrected chi connectivity index (χ4v) is 5.52. The van der Waals surface area contributed by atoms with Crippen molar-refractivity contribution in [1.29, 1.82) is 0 Å². The average molecular weight is 525 g/mol. The Labute approximate surface area is 225 Å². The first-order chi connectivity index (χ1) is 18.4. The number of hydrogen-bond donors (Lipinski definition) is 2. The second kappa shape index (κ2) is 13.2. The van der Waals surface area contributed by atoms with Crippen LogP contribution in [0, 0.1) is 5.41 Å². The summed E-state index contributed by atoms with van der Waals surface area (Å²) in [6, 6.07) is 17.4. The number of aliphatic hydroxyl groups excluding tert-OH is 2. The van der Waals surface area contributed by atoms with Gasteiger partial charge in [0.1, 0.15) is 18.5 Å². The number of methoxy groups -OCH3 is 1. The zero-order valence-electron chi connectivity index (χ0n) is 22.3.